The average molecular weight is 435 g/mol. The van der Waals surface area contributed by atoms with Gasteiger partial charge in [0.25, 0.3) is 0 Å². The fourth-order valence-electron chi connectivity index (χ4n) is 3.72. The summed E-state index contributed by atoms with van der Waals surface area (Å²) in [4.78, 5) is 15.1. The molecule has 3 aromatic carbocycles. The molecule has 0 saturated carbocycles. The second-order valence-electron chi connectivity index (χ2n) is 7.42. The predicted molar refractivity (Wildman–Crippen MR) is 126 cm³/mol. The molecule has 0 unspecified atom stereocenters. The van der Waals surface area contributed by atoms with Crippen LogP contribution in [0.5, 0.6) is 11.5 Å². The first-order valence-corrected chi connectivity index (χ1v) is 10.6. The zero-order valence-electron chi connectivity index (χ0n) is 18.5. The zero-order chi connectivity index (χ0) is 22.8. The first-order valence-electron chi connectivity index (χ1n) is 10.6. The van der Waals surface area contributed by atoms with Crippen LogP contribution in [-0.4, -0.2) is 49.8 Å². The average Bonchev–Trinajstić information content (AvgIpc) is 2.83. The standard InChI is InChI=1S/C26H30N2O4/c1-31-23-16-22(17-24(18-23)32-2)27-25(30)19-28(14-9-15-29)26(20-10-5-3-6-11-20)21-12-7-4-8-13-21/h3-8,10-13,16-18,26,29H,9,14-15,19H2,1-2H3,(H,27,30). The van der Waals surface area contributed by atoms with Gasteiger partial charge in [-0.3, -0.25) is 9.69 Å². The quantitative estimate of drug-likeness (QED) is 0.475. The first kappa shape index (κ1) is 23.3. The monoisotopic (exact) mass is 434 g/mol. The van der Waals surface area contributed by atoms with E-state index in [1.54, 1.807) is 32.4 Å². The van der Waals surface area contributed by atoms with Crippen molar-refractivity contribution in [2.75, 3.05) is 39.2 Å². The van der Waals surface area contributed by atoms with Crippen LogP contribution < -0.4 is 14.8 Å². The lowest BCUT2D eigenvalue weighted by molar-refractivity contribution is -0.117. The van der Waals surface area contributed by atoms with Crippen LogP contribution in [0.4, 0.5) is 5.69 Å². The van der Waals surface area contributed by atoms with E-state index in [9.17, 15) is 9.90 Å². The van der Waals surface area contributed by atoms with Gasteiger partial charge in [0.1, 0.15) is 11.5 Å². The van der Waals surface area contributed by atoms with Gasteiger partial charge in [0.15, 0.2) is 0 Å². The highest BCUT2D eigenvalue weighted by Crippen LogP contribution is 2.29. The molecular weight excluding hydrogens is 404 g/mol. The normalized spacial score (nSPS) is 10.9. The fourth-order valence-corrected chi connectivity index (χ4v) is 3.72. The van der Waals surface area contributed by atoms with Crippen LogP contribution >= 0.6 is 0 Å². The number of amides is 1. The van der Waals surface area contributed by atoms with Gasteiger partial charge in [-0.2, -0.15) is 0 Å². The summed E-state index contributed by atoms with van der Waals surface area (Å²) in [6.07, 6.45) is 0.566. The molecule has 0 aliphatic rings. The van der Waals surface area contributed by atoms with Crippen molar-refractivity contribution in [2.24, 2.45) is 0 Å². The second-order valence-corrected chi connectivity index (χ2v) is 7.42. The number of aliphatic hydroxyl groups excluding tert-OH is 1. The molecular formula is C26H30N2O4. The molecule has 6 nitrogen and oxygen atoms in total. The molecule has 0 spiro atoms. The number of nitrogens with one attached hydrogen (secondary N) is 1. The van der Waals surface area contributed by atoms with Crippen molar-refractivity contribution in [2.45, 2.75) is 12.5 Å². The Morgan fingerprint density at radius 2 is 1.44 bits per heavy atom. The van der Waals surface area contributed by atoms with E-state index in [-0.39, 0.29) is 25.1 Å². The number of methoxy groups -OCH3 is 2. The van der Waals surface area contributed by atoms with Crippen LogP contribution in [0.25, 0.3) is 0 Å². The highest BCUT2D eigenvalue weighted by molar-refractivity contribution is 5.92. The van der Waals surface area contributed by atoms with Crippen molar-refractivity contribution < 1.29 is 19.4 Å². The number of nitrogens with zero attached hydrogens (tertiary/aromatic N) is 1. The number of hydrogen-bond donors (Lipinski definition) is 2. The minimum atomic E-state index is -0.157. The minimum absolute atomic E-state index is 0.0570. The maximum Gasteiger partial charge on any atom is 0.238 e. The van der Waals surface area contributed by atoms with Crippen molar-refractivity contribution in [3.8, 4) is 11.5 Å². The molecule has 0 radical (unpaired) electrons. The van der Waals surface area contributed by atoms with Crippen LogP contribution in [0, 0.1) is 0 Å². The summed E-state index contributed by atoms with van der Waals surface area (Å²) < 4.78 is 10.6. The molecule has 0 bridgehead atoms. The molecule has 168 valence electrons. The van der Waals surface area contributed by atoms with E-state index >= 15 is 0 Å². The number of ether oxygens (including phenoxy) is 2. The number of rotatable bonds is 11. The number of benzene rings is 3. The van der Waals surface area contributed by atoms with E-state index in [0.29, 0.717) is 30.2 Å². The van der Waals surface area contributed by atoms with Gasteiger partial charge < -0.3 is 19.9 Å². The van der Waals surface area contributed by atoms with Crippen LogP contribution in [0.2, 0.25) is 0 Å². The van der Waals surface area contributed by atoms with Gasteiger partial charge in [0.2, 0.25) is 5.91 Å². The van der Waals surface area contributed by atoms with Gasteiger partial charge in [0.05, 0.1) is 26.8 Å². The fraction of sp³-hybridized carbons (Fsp3) is 0.269. The first-order chi connectivity index (χ1) is 15.6. The van der Waals surface area contributed by atoms with Crippen molar-refractivity contribution in [1.82, 2.24) is 4.90 Å². The van der Waals surface area contributed by atoms with Crippen molar-refractivity contribution >= 4 is 11.6 Å². The van der Waals surface area contributed by atoms with Crippen molar-refractivity contribution in [1.29, 1.82) is 0 Å². The van der Waals surface area contributed by atoms with Crippen molar-refractivity contribution in [3.63, 3.8) is 0 Å². The molecule has 0 aromatic heterocycles. The molecule has 0 atom stereocenters. The second kappa shape index (κ2) is 11.9. The summed E-state index contributed by atoms with van der Waals surface area (Å²) in [5.74, 6) is 1.04. The summed E-state index contributed by atoms with van der Waals surface area (Å²) in [5, 5.41) is 12.4. The van der Waals surface area contributed by atoms with Gasteiger partial charge in [-0.25, -0.2) is 0 Å². The number of carbonyl (C=O) groups excluding carboxylic acids is 1. The Labute approximate surface area is 189 Å². The van der Waals surface area contributed by atoms with Crippen LogP contribution in [0.3, 0.4) is 0 Å². The summed E-state index contributed by atoms with van der Waals surface area (Å²) in [6.45, 7) is 0.787. The number of anilines is 1. The van der Waals surface area contributed by atoms with Gasteiger partial charge in [-0.15, -0.1) is 0 Å². The van der Waals surface area contributed by atoms with E-state index in [1.807, 2.05) is 36.4 Å². The largest absolute Gasteiger partial charge is 0.497 e. The Balaban J connectivity index is 1.86. The zero-order valence-corrected chi connectivity index (χ0v) is 18.5. The maximum atomic E-state index is 13.1. The SMILES string of the molecule is COc1cc(NC(=O)CN(CCCO)C(c2ccccc2)c2ccccc2)cc(OC)c1. The smallest absolute Gasteiger partial charge is 0.238 e. The number of hydrogen-bond acceptors (Lipinski definition) is 5. The molecule has 2 N–H and O–H groups in total. The Hall–Kier alpha value is -3.35. The molecule has 0 fully saturated rings. The Bertz CT molecular complexity index is 918. The van der Waals surface area contributed by atoms with Crippen LogP contribution in [0.1, 0.15) is 23.6 Å². The van der Waals surface area contributed by atoms with Gasteiger partial charge in [-0.1, -0.05) is 60.7 Å². The molecule has 6 heteroatoms. The Kier molecular flexibility index (Phi) is 8.66. The Morgan fingerprint density at radius 1 is 0.906 bits per heavy atom. The predicted octanol–water partition coefficient (Wildman–Crippen LogP) is 4.12. The van der Waals surface area contributed by atoms with E-state index in [1.165, 1.54) is 0 Å². The van der Waals surface area contributed by atoms with E-state index in [0.717, 1.165) is 11.1 Å². The van der Waals surface area contributed by atoms with Crippen LogP contribution in [0.15, 0.2) is 78.9 Å². The summed E-state index contributed by atoms with van der Waals surface area (Å²) in [6, 6.07) is 25.4. The third-order valence-electron chi connectivity index (χ3n) is 5.18. The molecule has 0 aliphatic heterocycles. The highest BCUT2D eigenvalue weighted by atomic mass is 16.5. The van der Waals surface area contributed by atoms with E-state index < -0.39 is 0 Å². The van der Waals surface area contributed by atoms with Gasteiger partial charge in [-0.05, 0) is 17.5 Å². The lowest BCUT2D eigenvalue weighted by Crippen LogP contribution is -2.37. The van der Waals surface area contributed by atoms with Gasteiger partial charge >= 0.3 is 0 Å². The topological polar surface area (TPSA) is 71.0 Å². The minimum Gasteiger partial charge on any atom is -0.497 e. The lowest BCUT2D eigenvalue weighted by Gasteiger charge is -2.32. The maximum absolute atomic E-state index is 13.1. The lowest BCUT2D eigenvalue weighted by atomic mass is 9.96. The molecule has 0 aliphatic carbocycles. The third-order valence-corrected chi connectivity index (χ3v) is 5.18. The molecule has 0 saturated heterocycles. The Morgan fingerprint density at radius 3 is 1.91 bits per heavy atom. The molecule has 3 rings (SSSR count). The molecule has 3 aromatic rings. The highest BCUT2D eigenvalue weighted by Gasteiger charge is 2.24. The summed E-state index contributed by atoms with van der Waals surface area (Å²) in [7, 11) is 3.14. The third kappa shape index (κ3) is 6.33. The van der Waals surface area contributed by atoms with E-state index in [4.69, 9.17) is 9.47 Å². The molecule has 0 heterocycles. The molecule has 32 heavy (non-hydrogen) atoms. The van der Waals surface area contributed by atoms with E-state index in [2.05, 4.69) is 34.5 Å². The van der Waals surface area contributed by atoms with Gasteiger partial charge in [0, 0.05) is 37.0 Å². The number of aliphatic hydroxyl groups is 1. The molecule has 1 amide bonds. The number of carbonyl (C=O) groups is 1. The van der Waals surface area contributed by atoms with Crippen molar-refractivity contribution in [3.05, 3.63) is 90.0 Å². The summed E-state index contributed by atoms with van der Waals surface area (Å²) in [5.41, 5.74) is 2.78. The summed E-state index contributed by atoms with van der Waals surface area (Å²) >= 11 is 0. The van der Waals surface area contributed by atoms with Crippen LogP contribution in [-0.2, 0) is 4.79 Å².